The molecule has 0 aliphatic heterocycles. The van der Waals surface area contributed by atoms with Gasteiger partial charge in [-0.15, -0.1) is 11.8 Å². The van der Waals surface area contributed by atoms with Crippen LogP contribution in [0.25, 0.3) is 32.3 Å². The molecule has 7 heteroatoms. The van der Waals surface area contributed by atoms with Gasteiger partial charge in [0.1, 0.15) is 18.1 Å². The van der Waals surface area contributed by atoms with Crippen LogP contribution in [0.15, 0.2) is 54.6 Å². The molecule has 1 atom stereocenters. The molecule has 0 spiro atoms. The van der Waals surface area contributed by atoms with Crippen molar-refractivity contribution < 1.29 is 28.5 Å². The highest BCUT2D eigenvalue weighted by molar-refractivity contribution is 8.01. The topological polar surface area (TPSA) is 71.1 Å². The zero-order valence-electron chi connectivity index (χ0n) is 20.3. The average Bonchev–Trinajstić information content (AvgIpc) is 2.89. The first kappa shape index (κ1) is 25.2. The highest BCUT2D eigenvalue weighted by Crippen LogP contribution is 2.35. The van der Waals surface area contributed by atoms with Gasteiger partial charge >= 0.3 is 11.9 Å². The van der Waals surface area contributed by atoms with Crippen LogP contribution in [0.1, 0.15) is 30.6 Å². The number of hydrogen-bond donors (Lipinski definition) is 0. The molecule has 0 aromatic heterocycles. The van der Waals surface area contributed by atoms with Gasteiger partial charge in [-0.25, -0.2) is 4.79 Å². The normalized spacial score (nSPS) is 13.3. The number of ether oxygens (including phenoxy) is 4. The lowest BCUT2D eigenvalue weighted by Crippen LogP contribution is -2.32. The second-order valence-corrected chi connectivity index (χ2v) is 10.1. The number of carbonyl (C=O) groups is 2. The molecule has 184 valence electrons. The van der Waals surface area contributed by atoms with E-state index < -0.39 is 4.75 Å². The van der Waals surface area contributed by atoms with Crippen LogP contribution in [0.5, 0.6) is 0 Å². The molecule has 0 fully saturated rings. The van der Waals surface area contributed by atoms with Gasteiger partial charge in [0.05, 0.1) is 25.9 Å². The van der Waals surface area contributed by atoms with Crippen LogP contribution >= 0.6 is 11.8 Å². The monoisotopic (exact) mass is 494 g/mol. The lowest BCUT2D eigenvalue weighted by atomic mass is 9.93. The van der Waals surface area contributed by atoms with Crippen LogP contribution in [0, 0.1) is 0 Å². The minimum Gasteiger partial charge on any atom is -0.468 e. The van der Waals surface area contributed by atoms with E-state index in [1.165, 1.54) is 40.4 Å². The molecular formula is C28H30O6S. The Morgan fingerprint density at radius 2 is 1.46 bits per heavy atom. The second kappa shape index (κ2) is 11.2. The Labute approximate surface area is 209 Å². The van der Waals surface area contributed by atoms with Crippen molar-refractivity contribution in [1.29, 1.82) is 0 Å². The van der Waals surface area contributed by atoms with Gasteiger partial charge in [0.25, 0.3) is 0 Å². The highest BCUT2D eigenvalue weighted by Gasteiger charge is 2.32. The van der Waals surface area contributed by atoms with Gasteiger partial charge in [-0.05, 0) is 57.8 Å². The third-order valence-electron chi connectivity index (χ3n) is 6.27. The number of methoxy groups -OCH3 is 1. The van der Waals surface area contributed by atoms with Crippen molar-refractivity contribution >= 4 is 56.0 Å². The fourth-order valence-corrected chi connectivity index (χ4v) is 5.23. The standard InChI is InChI=1S/C28H30O6S/c1-4-28(2,27(30)31-3)35-15-14-33-18-32-12-13-34-26(29)23-16-21-10-8-19-6-5-7-20-9-11-22(17-23)25(21)24(19)20/h5-11,16-17H,4,12-15,18H2,1-3H3. The third-order valence-corrected chi connectivity index (χ3v) is 7.73. The minimum absolute atomic E-state index is 0.0967. The van der Waals surface area contributed by atoms with E-state index in [1.54, 1.807) is 0 Å². The lowest BCUT2D eigenvalue weighted by Gasteiger charge is -2.24. The Balaban J connectivity index is 1.22. The summed E-state index contributed by atoms with van der Waals surface area (Å²) >= 11 is 1.50. The Hall–Kier alpha value is -2.87. The molecular weight excluding hydrogens is 464 g/mol. The minimum atomic E-state index is -0.570. The Morgan fingerprint density at radius 1 is 0.857 bits per heavy atom. The molecule has 0 N–H and O–H groups in total. The van der Waals surface area contributed by atoms with Crippen molar-refractivity contribution in [1.82, 2.24) is 0 Å². The maximum absolute atomic E-state index is 12.6. The van der Waals surface area contributed by atoms with Gasteiger partial charge in [0.2, 0.25) is 0 Å². The van der Waals surface area contributed by atoms with Crippen LogP contribution in [-0.4, -0.2) is 56.2 Å². The summed E-state index contributed by atoms with van der Waals surface area (Å²) in [6.45, 7) is 4.74. The van der Waals surface area contributed by atoms with Gasteiger partial charge in [0, 0.05) is 5.75 Å². The highest BCUT2D eigenvalue weighted by atomic mass is 32.2. The molecule has 0 saturated heterocycles. The number of carbonyl (C=O) groups excluding carboxylic acids is 2. The summed E-state index contributed by atoms with van der Waals surface area (Å²) in [5.41, 5.74) is 0.522. The fraction of sp³-hybridized carbons (Fsp3) is 0.357. The Kier molecular flexibility index (Phi) is 8.11. The number of hydrogen-bond acceptors (Lipinski definition) is 7. The molecule has 0 aliphatic rings. The van der Waals surface area contributed by atoms with Crippen LogP contribution in [0.3, 0.4) is 0 Å². The summed E-state index contributed by atoms with van der Waals surface area (Å²) in [6, 6.07) is 18.3. The van der Waals surface area contributed by atoms with E-state index in [0.717, 1.165) is 10.8 Å². The summed E-state index contributed by atoms with van der Waals surface area (Å²) in [7, 11) is 1.40. The number of thioether (sulfide) groups is 1. The number of benzene rings is 4. The summed E-state index contributed by atoms with van der Waals surface area (Å²) in [5, 5.41) is 6.81. The molecule has 6 nitrogen and oxygen atoms in total. The van der Waals surface area contributed by atoms with Crippen molar-refractivity contribution in [2.75, 3.05) is 39.5 Å². The van der Waals surface area contributed by atoms with Crippen LogP contribution < -0.4 is 0 Å². The van der Waals surface area contributed by atoms with Crippen molar-refractivity contribution in [3.05, 3.63) is 60.2 Å². The lowest BCUT2D eigenvalue weighted by molar-refractivity contribution is -0.143. The molecule has 4 aromatic rings. The zero-order valence-corrected chi connectivity index (χ0v) is 21.1. The summed E-state index contributed by atoms with van der Waals surface area (Å²) in [4.78, 5) is 24.5. The van der Waals surface area contributed by atoms with Crippen molar-refractivity contribution in [3.63, 3.8) is 0 Å². The van der Waals surface area contributed by atoms with Crippen LogP contribution in [0.2, 0.25) is 0 Å². The summed E-state index contributed by atoms with van der Waals surface area (Å²) < 4.78 is 20.6. The molecule has 0 radical (unpaired) electrons. The summed E-state index contributed by atoms with van der Waals surface area (Å²) in [5.74, 6) is 0.0406. The summed E-state index contributed by atoms with van der Waals surface area (Å²) in [6.07, 6.45) is 0.679. The predicted octanol–water partition coefficient (Wildman–Crippen LogP) is 5.81. The maximum atomic E-state index is 12.6. The van der Waals surface area contributed by atoms with E-state index in [4.69, 9.17) is 18.9 Å². The van der Waals surface area contributed by atoms with Gasteiger partial charge in [0.15, 0.2) is 0 Å². The first-order chi connectivity index (χ1) is 17.0. The van der Waals surface area contributed by atoms with Crippen molar-refractivity contribution in [3.8, 4) is 0 Å². The molecule has 0 amide bonds. The van der Waals surface area contributed by atoms with Crippen LogP contribution in [-0.2, 0) is 23.7 Å². The molecule has 0 aliphatic carbocycles. The van der Waals surface area contributed by atoms with E-state index in [2.05, 4.69) is 30.3 Å². The maximum Gasteiger partial charge on any atom is 0.338 e. The van der Waals surface area contributed by atoms with E-state index in [9.17, 15) is 9.59 Å². The smallest absolute Gasteiger partial charge is 0.338 e. The van der Waals surface area contributed by atoms with E-state index in [-0.39, 0.29) is 31.9 Å². The SMILES string of the molecule is CCC(C)(SCCOCOCCOC(=O)c1cc2ccc3cccc4ccc(c1)c2c34)C(=O)OC. The van der Waals surface area contributed by atoms with Crippen LogP contribution in [0.4, 0.5) is 0 Å². The number of rotatable bonds is 12. The van der Waals surface area contributed by atoms with Crippen molar-refractivity contribution in [2.24, 2.45) is 0 Å². The number of esters is 2. The van der Waals surface area contributed by atoms with Gasteiger partial charge < -0.3 is 18.9 Å². The molecule has 4 aromatic carbocycles. The first-order valence-corrected chi connectivity index (χ1v) is 12.7. The van der Waals surface area contributed by atoms with E-state index in [0.29, 0.717) is 24.3 Å². The van der Waals surface area contributed by atoms with E-state index >= 15 is 0 Å². The zero-order chi connectivity index (χ0) is 24.8. The average molecular weight is 495 g/mol. The third kappa shape index (κ3) is 5.53. The predicted molar refractivity (Wildman–Crippen MR) is 140 cm³/mol. The Bertz CT molecular complexity index is 1260. The second-order valence-electron chi connectivity index (χ2n) is 8.50. The molecule has 4 rings (SSSR count). The van der Waals surface area contributed by atoms with Gasteiger partial charge in [-0.2, -0.15) is 0 Å². The van der Waals surface area contributed by atoms with E-state index in [1.807, 2.05) is 38.1 Å². The fourth-order valence-electron chi connectivity index (χ4n) is 4.17. The molecule has 35 heavy (non-hydrogen) atoms. The molecule has 0 bridgehead atoms. The van der Waals surface area contributed by atoms with Crippen molar-refractivity contribution in [2.45, 2.75) is 25.0 Å². The molecule has 0 heterocycles. The molecule has 1 unspecified atom stereocenters. The van der Waals surface area contributed by atoms with Gasteiger partial charge in [-0.3, -0.25) is 4.79 Å². The molecule has 0 saturated carbocycles. The quantitative estimate of drug-likeness (QED) is 0.107. The Morgan fingerprint density at radius 3 is 2.09 bits per heavy atom. The largest absolute Gasteiger partial charge is 0.468 e. The van der Waals surface area contributed by atoms with Gasteiger partial charge in [-0.1, -0.05) is 49.4 Å². The first-order valence-electron chi connectivity index (χ1n) is 11.7.